The van der Waals surface area contributed by atoms with Crippen LogP contribution in [0.25, 0.3) is 0 Å². The molecule has 0 radical (unpaired) electrons. The molecule has 0 fully saturated rings. The lowest BCUT2D eigenvalue weighted by Gasteiger charge is -2.00. The van der Waals surface area contributed by atoms with E-state index in [1.54, 1.807) is 0 Å². The summed E-state index contributed by atoms with van der Waals surface area (Å²) in [6, 6.07) is 2.22. The number of primary amides is 1. The number of amides is 1. The number of halogens is 1. The number of nitrogens with zero attached hydrogens (tertiary/aromatic N) is 1. The highest BCUT2D eigenvalue weighted by Gasteiger charge is 2.06. The second kappa shape index (κ2) is 3.17. The van der Waals surface area contributed by atoms with Crippen molar-refractivity contribution in [3.63, 3.8) is 0 Å². The number of hydrogen-bond donors (Lipinski definition) is 1. The predicted octanol–water partition coefficient (Wildman–Crippen LogP) is 0.328. The molecule has 5 heteroatoms. The van der Waals surface area contributed by atoms with Crippen molar-refractivity contribution in [2.24, 2.45) is 5.73 Å². The number of pyridine rings is 1. The van der Waals surface area contributed by atoms with Crippen LogP contribution in [0.3, 0.4) is 0 Å². The predicted molar refractivity (Wildman–Crippen MR) is 39.3 cm³/mol. The van der Waals surface area contributed by atoms with Crippen molar-refractivity contribution in [1.82, 2.24) is 4.98 Å². The van der Waals surface area contributed by atoms with E-state index < -0.39 is 11.9 Å². The molecular formula is C7H7FN2O2. The highest BCUT2D eigenvalue weighted by molar-refractivity contribution is 5.92. The monoisotopic (exact) mass is 170 g/mol. The number of aromatic nitrogens is 1. The molecule has 0 aromatic carbocycles. The van der Waals surface area contributed by atoms with E-state index in [2.05, 4.69) is 9.72 Å². The summed E-state index contributed by atoms with van der Waals surface area (Å²) in [5, 5.41) is 0. The van der Waals surface area contributed by atoms with Gasteiger partial charge < -0.3 is 10.5 Å². The Morgan fingerprint density at radius 3 is 2.83 bits per heavy atom. The average Bonchev–Trinajstić information content (AvgIpc) is 2.03. The molecule has 0 atom stereocenters. The molecule has 0 aliphatic carbocycles. The quantitative estimate of drug-likeness (QED) is 0.650. The molecular weight excluding hydrogens is 163 g/mol. The van der Waals surface area contributed by atoms with Crippen molar-refractivity contribution in [2.75, 3.05) is 7.11 Å². The van der Waals surface area contributed by atoms with E-state index in [4.69, 9.17) is 5.73 Å². The number of methoxy groups -OCH3 is 1. The average molecular weight is 170 g/mol. The zero-order valence-corrected chi connectivity index (χ0v) is 6.37. The highest BCUT2D eigenvalue weighted by atomic mass is 19.1. The van der Waals surface area contributed by atoms with Gasteiger partial charge in [0.05, 0.1) is 7.11 Å². The van der Waals surface area contributed by atoms with Gasteiger partial charge in [-0.05, 0) is 0 Å². The van der Waals surface area contributed by atoms with Crippen LogP contribution in [-0.2, 0) is 0 Å². The molecule has 0 unspecified atom stereocenters. The van der Waals surface area contributed by atoms with Crippen LogP contribution >= 0.6 is 0 Å². The molecule has 0 saturated heterocycles. The molecule has 0 aliphatic rings. The van der Waals surface area contributed by atoms with Gasteiger partial charge in [-0.25, -0.2) is 0 Å². The first-order chi connectivity index (χ1) is 5.63. The first-order valence-electron chi connectivity index (χ1n) is 3.15. The van der Waals surface area contributed by atoms with Gasteiger partial charge in [0.2, 0.25) is 17.7 Å². The van der Waals surface area contributed by atoms with Crippen LogP contribution in [0.5, 0.6) is 5.88 Å². The number of carbonyl (C=O) groups excluding carboxylic acids is 1. The zero-order valence-electron chi connectivity index (χ0n) is 6.37. The Labute approximate surface area is 68.2 Å². The van der Waals surface area contributed by atoms with Crippen molar-refractivity contribution in [3.8, 4) is 5.88 Å². The van der Waals surface area contributed by atoms with Gasteiger partial charge in [0.25, 0.3) is 0 Å². The minimum atomic E-state index is -0.789. The van der Waals surface area contributed by atoms with Crippen molar-refractivity contribution < 1.29 is 13.9 Å². The SMILES string of the molecule is COc1cc(C(N)=O)cc(F)n1. The molecule has 0 bridgehead atoms. The standard InChI is InChI=1S/C7H7FN2O2/c1-12-6-3-4(7(9)11)2-5(8)10-6/h2-3H,1H3,(H2,9,11). The number of ether oxygens (including phenoxy) is 1. The van der Waals surface area contributed by atoms with Gasteiger partial charge in [-0.3, -0.25) is 4.79 Å². The zero-order chi connectivity index (χ0) is 9.14. The number of nitrogens with two attached hydrogens (primary N) is 1. The van der Waals surface area contributed by atoms with E-state index in [9.17, 15) is 9.18 Å². The Morgan fingerprint density at radius 2 is 2.33 bits per heavy atom. The van der Waals surface area contributed by atoms with Crippen LogP contribution in [0, 0.1) is 5.95 Å². The van der Waals surface area contributed by atoms with Crippen LogP contribution in [-0.4, -0.2) is 18.0 Å². The maximum Gasteiger partial charge on any atom is 0.249 e. The smallest absolute Gasteiger partial charge is 0.249 e. The molecule has 1 aromatic rings. The summed E-state index contributed by atoms with van der Waals surface area (Å²) >= 11 is 0. The summed E-state index contributed by atoms with van der Waals surface area (Å²) in [7, 11) is 1.33. The van der Waals surface area contributed by atoms with Gasteiger partial charge in [-0.1, -0.05) is 0 Å². The van der Waals surface area contributed by atoms with Crippen molar-refractivity contribution >= 4 is 5.91 Å². The summed E-state index contributed by atoms with van der Waals surface area (Å²) in [4.78, 5) is 13.9. The van der Waals surface area contributed by atoms with Gasteiger partial charge in [-0.2, -0.15) is 9.37 Å². The largest absolute Gasteiger partial charge is 0.481 e. The van der Waals surface area contributed by atoms with E-state index in [-0.39, 0.29) is 11.4 Å². The molecule has 4 nitrogen and oxygen atoms in total. The van der Waals surface area contributed by atoms with E-state index in [1.165, 1.54) is 13.2 Å². The Balaban J connectivity index is 3.15. The highest BCUT2D eigenvalue weighted by Crippen LogP contribution is 2.10. The lowest BCUT2D eigenvalue weighted by molar-refractivity contribution is 0.0999. The topological polar surface area (TPSA) is 65.2 Å². The van der Waals surface area contributed by atoms with E-state index >= 15 is 0 Å². The van der Waals surface area contributed by atoms with E-state index in [1.807, 2.05) is 0 Å². The molecule has 1 heterocycles. The lowest BCUT2D eigenvalue weighted by Crippen LogP contribution is -2.11. The van der Waals surface area contributed by atoms with E-state index in [0.717, 1.165) is 6.07 Å². The van der Waals surface area contributed by atoms with Crippen LogP contribution < -0.4 is 10.5 Å². The number of carbonyl (C=O) groups is 1. The Kier molecular flexibility index (Phi) is 2.23. The normalized spacial score (nSPS) is 9.50. The van der Waals surface area contributed by atoms with Gasteiger partial charge in [-0.15, -0.1) is 0 Å². The Morgan fingerprint density at radius 1 is 1.67 bits per heavy atom. The van der Waals surface area contributed by atoms with Gasteiger partial charge in [0, 0.05) is 17.7 Å². The molecule has 12 heavy (non-hydrogen) atoms. The summed E-state index contributed by atoms with van der Waals surface area (Å²) in [6.45, 7) is 0. The fourth-order valence-corrected chi connectivity index (χ4v) is 0.720. The van der Waals surface area contributed by atoms with Crippen molar-refractivity contribution in [3.05, 3.63) is 23.6 Å². The van der Waals surface area contributed by atoms with Gasteiger partial charge >= 0.3 is 0 Å². The van der Waals surface area contributed by atoms with Crippen LogP contribution in [0.4, 0.5) is 4.39 Å². The number of hydrogen-bond acceptors (Lipinski definition) is 3. The summed E-state index contributed by atoms with van der Waals surface area (Å²) in [5.74, 6) is -1.47. The van der Waals surface area contributed by atoms with Crippen LogP contribution in [0.1, 0.15) is 10.4 Å². The molecule has 0 saturated carbocycles. The molecule has 0 spiro atoms. The minimum Gasteiger partial charge on any atom is -0.481 e. The maximum absolute atomic E-state index is 12.6. The minimum absolute atomic E-state index is 0.0313. The summed E-state index contributed by atoms with van der Waals surface area (Å²) in [6.07, 6.45) is 0. The van der Waals surface area contributed by atoms with Crippen molar-refractivity contribution in [1.29, 1.82) is 0 Å². The van der Waals surface area contributed by atoms with Crippen LogP contribution in [0.15, 0.2) is 12.1 Å². The molecule has 0 aliphatic heterocycles. The van der Waals surface area contributed by atoms with E-state index in [0.29, 0.717) is 0 Å². The van der Waals surface area contributed by atoms with Crippen LogP contribution in [0.2, 0.25) is 0 Å². The third kappa shape index (κ3) is 1.69. The first kappa shape index (κ1) is 8.45. The summed E-state index contributed by atoms with van der Waals surface area (Å²) in [5.41, 5.74) is 4.96. The molecule has 1 amide bonds. The molecule has 1 aromatic heterocycles. The third-order valence-corrected chi connectivity index (χ3v) is 1.26. The second-order valence-corrected chi connectivity index (χ2v) is 2.09. The summed E-state index contributed by atoms with van der Waals surface area (Å²) < 4.78 is 17.2. The fraction of sp³-hybridized carbons (Fsp3) is 0.143. The number of rotatable bonds is 2. The third-order valence-electron chi connectivity index (χ3n) is 1.26. The fourth-order valence-electron chi connectivity index (χ4n) is 0.720. The van der Waals surface area contributed by atoms with Gasteiger partial charge in [0.15, 0.2) is 0 Å². The first-order valence-corrected chi connectivity index (χ1v) is 3.15. The van der Waals surface area contributed by atoms with Gasteiger partial charge in [0.1, 0.15) is 0 Å². The molecule has 64 valence electrons. The lowest BCUT2D eigenvalue weighted by atomic mass is 10.2. The molecule has 1 rings (SSSR count). The maximum atomic E-state index is 12.6. The van der Waals surface area contributed by atoms with Crippen molar-refractivity contribution in [2.45, 2.75) is 0 Å². The Hall–Kier alpha value is -1.65. The Bertz CT molecular complexity index is 314. The second-order valence-electron chi connectivity index (χ2n) is 2.09. The molecule has 2 N–H and O–H groups in total.